The molecule has 1 N–H and O–H groups in total. The summed E-state index contributed by atoms with van der Waals surface area (Å²) >= 11 is 0. The molecule has 1 rings (SSSR count). The highest BCUT2D eigenvalue weighted by molar-refractivity contribution is 4.98. The summed E-state index contributed by atoms with van der Waals surface area (Å²) in [6.45, 7) is 2.07. The Morgan fingerprint density at radius 1 is 1.45 bits per heavy atom. The molecule has 0 saturated carbocycles. The quantitative estimate of drug-likeness (QED) is 0.578. The van der Waals surface area contributed by atoms with Gasteiger partial charge in [-0.2, -0.15) is 0 Å². The highest BCUT2D eigenvalue weighted by Gasteiger charge is 2.27. The molecule has 0 aromatic rings. The third kappa shape index (κ3) is 2.19. The molecule has 0 amide bonds. The number of rotatable bonds is 2. The SMILES string of the molecule is CC#CCC1OCOC1CO. The van der Waals surface area contributed by atoms with Gasteiger partial charge < -0.3 is 14.6 Å². The van der Waals surface area contributed by atoms with Gasteiger partial charge in [0.25, 0.3) is 0 Å². The van der Waals surface area contributed by atoms with E-state index < -0.39 is 0 Å². The molecule has 11 heavy (non-hydrogen) atoms. The number of aliphatic hydroxyl groups is 1. The van der Waals surface area contributed by atoms with Crippen LogP contribution >= 0.6 is 0 Å². The van der Waals surface area contributed by atoms with Gasteiger partial charge in [-0.15, -0.1) is 11.8 Å². The average molecular weight is 156 g/mol. The summed E-state index contributed by atoms with van der Waals surface area (Å²) in [7, 11) is 0. The largest absolute Gasteiger partial charge is 0.394 e. The molecule has 0 bridgehead atoms. The lowest BCUT2D eigenvalue weighted by atomic mass is 10.1. The van der Waals surface area contributed by atoms with E-state index in [1.165, 1.54) is 0 Å². The lowest BCUT2D eigenvalue weighted by Gasteiger charge is -2.10. The number of aliphatic hydroxyl groups excluding tert-OH is 1. The Morgan fingerprint density at radius 3 is 2.82 bits per heavy atom. The van der Waals surface area contributed by atoms with Crippen molar-refractivity contribution in [3.05, 3.63) is 0 Å². The third-order valence-corrected chi connectivity index (χ3v) is 1.64. The van der Waals surface area contributed by atoms with E-state index in [-0.39, 0.29) is 25.6 Å². The molecular formula is C8H12O3. The van der Waals surface area contributed by atoms with Crippen molar-refractivity contribution in [3.63, 3.8) is 0 Å². The van der Waals surface area contributed by atoms with Gasteiger partial charge in [0.05, 0.1) is 12.7 Å². The van der Waals surface area contributed by atoms with Crippen molar-refractivity contribution in [2.24, 2.45) is 0 Å². The summed E-state index contributed by atoms with van der Waals surface area (Å²) in [5.74, 6) is 5.66. The van der Waals surface area contributed by atoms with Gasteiger partial charge in [0.1, 0.15) is 12.9 Å². The summed E-state index contributed by atoms with van der Waals surface area (Å²) in [5.41, 5.74) is 0. The van der Waals surface area contributed by atoms with Crippen LogP contribution in [-0.4, -0.2) is 30.7 Å². The van der Waals surface area contributed by atoms with Gasteiger partial charge in [-0.05, 0) is 6.92 Å². The summed E-state index contributed by atoms with van der Waals surface area (Å²) in [4.78, 5) is 0. The minimum atomic E-state index is -0.184. The van der Waals surface area contributed by atoms with E-state index in [1.54, 1.807) is 6.92 Å². The first-order valence-electron chi connectivity index (χ1n) is 3.62. The predicted octanol–water partition coefficient (Wildman–Crippen LogP) is 0.134. The molecule has 2 atom stereocenters. The molecule has 0 aromatic carbocycles. The molecule has 0 aromatic heterocycles. The van der Waals surface area contributed by atoms with Crippen LogP contribution in [0.2, 0.25) is 0 Å². The van der Waals surface area contributed by atoms with Gasteiger partial charge in [-0.3, -0.25) is 0 Å². The molecule has 3 heteroatoms. The Balaban J connectivity index is 2.35. The first-order chi connectivity index (χ1) is 5.38. The van der Waals surface area contributed by atoms with Crippen molar-refractivity contribution in [1.82, 2.24) is 0 Å². The summed E-state index contributed by atoms with van der Waals surface area (Å²) in [5, 5.41) is 8.78. The molecule has 0 radical (unpaired) electrons. The fourth-order valence-corrected chi connectivity index (χ4v) is 0.992. The first-order valence-corrected chi connectivity index (χ1v) is 3.62. The normalized spacial score (nSPS) is 29.6. The van der Waals surface area contributed by atoms with Crippen molar-refractivity contribution in [2.75, 3.05) is 13.4 Å². The molecule has 62 valence electrons. The van der Waals surface area contributed by atoms with E-state index in [1.807, 2.05) is 0 Å². The second kappa shape index (κ2) is 4.35. The fourth-order valence-electron chi connectivity index (χ4n) is 0.992. The van der Waals surface area contributed by atoms with Gasteiger partial charge in [0, 0.05) is 6.42 Å². The van der Waals surface area contributed by atoms with Crippen molar-refractivity contribution < 1.29 is 14.6 Å². The summed E-state index contributed by atoms with van der Waals surface area (Å²) in [6.07, 6.45) is 0.408. The molecule has 0 spiro atoms. The Hall–Kier alpha value is -0.560. The van der Waals surface area contributed by atoms with E-state index in [2.05, 4.69) is 11.8 Å². The third-order valence-electron chi connectivity index (χ3n) is 1.64. The Bertz CT molecular complexity index is 168. The monoisotopic (exact) mass is 156 g/mol. The minimum Gasteiger partial charge on any atom is -0.394 e. The van der Waals surface area contributed by atoms with Crippen molar-refractivity contribution in [3.8, 4) is 11.8 Å². The van der Waals surface area contributed by atoms with Gasteiger partial charge >= 0.3 is 0 Å². The zero-order chi connectivity index (χ0) is 8.10. The van der Waals surface area contributed by atoms with Crippen LogP contribution in [0.3, 0.4) is 0 Å². The lowest BCUT2D eigenvalue weighted by Crippen LogP contribution is -2.25. The highest BCUT2D eigenvalue weighted by atomic mass is 16.7. The van der Waals surface area contributed by atoms with Gasteiger partial charge in [-0.1, -0.05) is 0 Å². The van der Waals surface area contributed by atoms with Crippen LogP contribution in [0.15, 0.2) is 0 Å². The van der Waals surface area contributed by atoms with E-state index in [0.29, 0.717) is 6.42 Å². The summed E-state index contributed by atoms with van der Waals surface area (Å²) < 4.78 is 10.2. The maximum absolute atomic E-state index is 8.78. The Kier molecular flexibility index (Phi) is 3.37. The molecule has 2 unspecified atom stereocenters. The molecule has 0 aliphatic carbocycles. The minimum absolute atomic E-state index is 0.00998. The fraction of sp³-hybridized carbons (Fsp3) is 0.750. The molecular weight excluding hydrogens is 144 g/mol. The van der Waals surface area contributed by atoms with Crippen molar-refractivity contribution in [2.45, 2.75) is 25.6 Å². The molecule has 1 heterocycles. The van der Waals surface area contributed by atoms with Crippen LogP contribution in [0, 0.1) is 11.8 Å². The Morgan fingerprint density at radius 2 is 2.18 bits per heavy atom. The number of ether oxygens (including phenoxy) is 2. The lowest BCUT2D eigenvalue weighted by molar-refractivity contribution is 0.0268. The maximum Gasteiger partial charge on any atom is 0.147 e. The highest BCUT2D eigenvalue weighted by Crippen LogP contribution is 2.14. The zero-order valence-electron chi connectivity index (χ0n) is 6.54. The molecule has 1 saturated heterocycles. The van der Waals surface area contributed by atoms with Gasteiger partial charge in [-0.25, -0.2) is 0 Å². The number of hydrogen-bond acceptors (Lipinski definition) is 3. The smallest absolute Gasteiger partial charge is 0.147 e. The van der Waals surface area contributed by atoms with Crippen molar-refractivity contribution >= 4 is 0 Å². The topological polar surface area (TPSA) is 38.7 Å². The first kappa shape index (κ1) is 8.54. The average Bonchev–Trinajstić information content (AvgIpc) is 2.47. The van der Waals surface area contributed by atoms with Gasteiger partial charge in [0.2, 0.25) is 0 Å². The van der Waals surface area contributed by atoms with Crippen LogP contribution in [0.5, 0.6) is 0 Å². The Labute approximate surface area is 66.3 Å². The second-order valence-corrected chi connectivity index (χ2v) is 2.34. The van der Waals surface area contributed by atoms with Crippen LogP contribution < -0.4 is 0 Å². The molecule has 1 aliphatic rings. The van der Waals surface area contributed by atoms with E-state index >= 15 is 0 Å². The van der Waals surface area contributed by atoms with Crippen LogP contribution in [-0.2, 0) is 9.47 Å². The molecule has 1 fully saturated rings. The number of hydrogen-bond donors (Lipinski definition) is 1. The van der Waals surface area contributed by atoms with Crippen LogP contribution in [0.1, 0.15) is 13.3 Å². The van der Waals surface area contributed by atoms with Crippen LogP contribution in [0.4, 0.5) is 0 Å². The van der Waals surface area contributed by atoms with Crippen LogP contribution in [0.25, 0.3) is 0 Å². The van der Waals surface area contributed by atoms with E-state index in [0.717, 1.165) is 0 Å². The van der Waals surface area contributed by atoms with E-state index in [4.69, 9.17) is 14.6 Å². The van der Waals surface area contributed by atoms with Gasteiger partial charge in [0.15, 0.2) is 0 Å². The zero-order valence-corrected chi connectivity index (χ0v) is 6.54. The second-order valence-electron chi connectivity index (χ2n) is 2.34. The van der Waals surface area contributed by atoms with Crippen molar-refractivity contribution in [1.29, 1.82) is 0 Å². The molecule has 1 aliphatic heterocycles. The van der Waals surface area contributed by atoms with E-state index in [9.17, 15) is 0 Å². The molecule has 3 nitrogen and oxygen atoms in total. The predicted molar refractivity (Wildman–Crippen MR) is 39.8 cm³/mol. The standard InChI is InChI=1S/C8H12O3/c1-2-3-4-7-8(5-9)11-6-10-7/h7-9H,4-6H2,1H3. The maximum atomic E-state index is 8.78. The summed E-state index contributed by atoms with van der Waals surface area (Å²) in [6, 6.07) is 0.